The van der Waals surface area contributed by atoms with Crippen LogP contribution in [0.4, 0.5) is 0 Å². The summed E-state index contributed by atoms with van der Waals surface area (Å²) in [4.78, 5) is 11.9. The highest BCUT2D eigenvalue weighted by Crippen LogP contribution is 2.28. The number of amides is 1. The Morgan fingerprint density at radius 3 is 2.68 bits per heavy atom. The van der Waals surface area contributed by atoms with Crippen molar-refractivity contribution in [3.05, 3.63) is 34.5 Å². The monoisotopic (exact) mass is 279 g/mol. The van der Waals surface area contributed by atoms with Gasteiger partial charge in [0.15, 0.2) is 0 Å². The number of furan rings is 1. The Bertz CT molecular complexity index is 623. The minimum atomic E-state index is -0.231. The molecular formula is C15H18ClNO2. The maximum atomic E-state index is 11.9. The number of fused-ring (bicyclic) bond motifs is 1. The Kier molecular flexibility index (Phi) is 3.59. The molecule has 1 N–H and O–H groups in total. The summed E-state index contributed by atoms with van der Waals surface area (Å²) < 4.78 is 5.48. The smallest absolute Gasteiger partial charge is 0.224 e. The maximum Gasteiger partial charge on any atom is 0.224 e. The van der Waals surface area contributed by atoms with Crippen molar-refractivity contribution in [1.82, 2.24) is 5.32 Å². The van der Waals surface area contributed by atoms with Crippen molar-refractivity contribution in [3.8, 4) is 0 Å². The lowest BCUT2D eigenvalue weighted by Crippen LogP contribution is -2.41. The van der Waals surface area contributed by atoms with Crippen molar-refractivity contribution in [1.29, 1.82) is 0 Å². The van der Waals surface area contributed by atoms with E-state index in [9.17, 15) is 4.79 Å². The summed E-state index contributed by atoms with van der Waals surface area (Å²) in [6.45, 7) is 7.80. The summed E-state index contributed by atoms with van der Waals surface area (Å²) in [5.74, 6) is -0.0214. The maximum absolute atomic E-state index is 11.9. The largest absolute Gasteiger partial charge is 0.464 e. The molecule has 0 saturated heterocycles. The molecule has 0 saturated carbocycles. The third-order valence-electron chi connectivity index (χ3n) is 2.80. The van der Waals surface area contributed by atoms with E-state index in [0.717, 1.165) is 22.1 Å². The van der Waals surface area contributed by atoms with Gasteiger partial charge in [0.25, 0.3) is 0 Å². The van der Waals surface area contributed by atoms with Crippen LogP contribution in [0.2, 0.25) is 5.02 Å². The molecule has 1 aromatic heterocycles. The van der Waals surface area contributed by atoms with Crippen LogP contribution in [0, 0.1) is 6.92 Å². The van der Waals surface area contributed by atoms with Gasteiger partial charge < -0.3 is 9.73 Å². The third kappa shape index (κ3) is 3.29. The van der Waals surface area contributed by atoms with E-state index in [-0.39, 0.29) is 11.4 Å². The van der Waals surface area contributed by atoms with Crippen LogP contribution in [0.3, 0.4) is 0 Å². The molecule has 1 amide bonds. The van der Waals surface area contributed by atoms with Crippen LogP contribution in [0.1, 0.15) is 31.9 Å². The summed E-state index contributed by atoms with van der Waals surface area (Å²) in [5.41, 5.74) is 2.36. The van der Waals surface area contributed by atoms with Gasteiger partial charge >= 0.3 is 0 Å². The van der Waals surface area contributed by atoms with Crippen LogP contribution in [0.5, 0.6) is 0 Å². The van der Waals surface area contributed by atoms with Gasteiger partial charge in [0.05, 0.1) is 12.7 Å². The van der Waals surface area contributed by atoms with E-state index in [2.05, 4.69) is 5.32 Å². The molecule has 1 aromatic carbocycles. The molecule has 0 radical (unpaired) electrons. The van der Waals surface area contributed by atoms with Crippen molar-refractivity contribution in [3.63, 3.8) is 0 Å². The van der Waals surface area contributed by atoms with E-state index < -0.39 is 0 Å². The van der Waals surface area contributed by atoms with Crippen molar-refractivity contribution < 1.29 is 9.21 Å². The van der Waals surface area contributed by atoms with Crippen LogP contribution < -0.4 is 5.32 Å². The molecule has 102 valence electrons. The number of rotatable bonds is 2. The summed E-state index contributed by atoms with van der Waals surface area (Å²) in [6, 6.07) is 3.75. The molecule has 19 heavy (non-hydrogen) atoms. The second-order valence-corrected chi connectivity index (χ2v) is 6.24. The fraction of sp³-hybridized carbons (Fsp3) is 0.400. The van der Waals surface area contributed by atoms with Crippen molar-refractivity contribution >= 4 is 28.5 Å². The number of halogens is 1. The topological polar surface area (TPSA) is 42.2 Å². The predicted molar refractivity (Wildman–Crippen MR) is 77.6 cm³/mol. The number of benzene rings is 1. The number of aryl methyl sites for hydroxylation is 1. The van der Waals surface area contributed by atoms with Gasteiger partial charge in [0.2, 0.25) is 5.91 Å². The normalized spacial score (nSPS) is 11.8. The number of carbonyl (C=O) groups excluding carboxylic acids is 1. The zero-order chi connectivity index (χ0) is 14.2. The van der Waals surface area contributed by atoms with Crippen LogP contribution >= 0.6 is 11.6 Å². The molecule has 0 unspecified atom stereocenters. The van der Waals surface area contributed by atoms with E-state index >= 15 is 0 Å². The summed E-state index contributed by atoms with van der Waals surface area (Å²) >= 11 is 6.12. The number of hydrogen-bond acceptors (Lipinski definition) is 2. The highest BCUT2D eigenvalue weighted by atomic mass is 35.5. The van der Waals surface area contributed by atoms with E-state index in [1.165, 1.54) is 0 Å². The number of nitrogens with one attached hydrogen (secondary N) is 1. The van der Waals surface area contributed by atoms with E-state index in [1.54, 1.807) is 6.26 Å². The molecule has 0 spiro atoms. The lowest BCUT2D eigenvalue weighted by Gasteiger charge is -2.20. The lowest BCUT2D eigenvalue weighted by atomic mass is 10.1. The average Bonchev–Trinajstić information content (AvgIpc) is 2.59. The van der Waals surface area contributed by atoms with Gasteiger partial charge in [-0.25, -0.2) is 0 Å². The molecule has 2 aromatic rings. The Balaban J connectivity index is 2.27. The molecule has 2 rings (SSSR count). The highest BCUT2D eigenvalue weighted by Gasteiger charge is 2.16. The lowest BCUT2D eigenvalue weighted by molar-refractivity contribution is -0.121. The highest BCUT2D eigenvalue weighted by molar-refractivity contribution is 6.32. The number of carbonyl (C=O) groups is 1. The standard InChI is InChI=1S/C15H18ClNO2/c1-9-5-13-11(7-12(9)16)10(8-19-13)6-14(18)17-15(2,3)4/h5,7-8H,6H2,1-4H3,(H,17,18). The fourth-order valence-corrected chi connectivity index (χ4v) is 2.14. The first-order chi connectivity index (χ1) is 8.76. The fourth-order valence-electron chi connectivity index (χ4n) is 1.97. The van der Waals surface area contributed by atoms with E-state index in [4.69, 9.17) is 16.0 Å². The van der Waals surface area contributed by atoms with Gasteiger partial charge in [-0.3, -0.25) is 4.79 Å². The molecule has 0 atom stereocenters. The molecule has 4 heteroatoms. The minimum Gasteiger partial charge on any atom is -0.464 e. The van der Waals surface area contributed by atoms with Gasteiger partial charge in [-0.1, -0.05) is 11.6 Å². The van der Waals surface area contributed by atoms with Crippen LogP contribution in [0.25, 0.3) is 11.0 Å². The first kappa shape index (κ1) is 13.9. The second kappa shape index (κ2) is 4.89. The molecule has 0 fully saturated rings. The van der Waals surface area contributed by atoms with Crippen LogP contribution in [0.15, 0.2) is 22.8 Å². The Labute approximate surface area is 117 Å². The van der Waals surface area contributed by atoms with Gasteiger partial charge in [-0.15, -0.1) is 0 Å². The van der Waals surface area contributed by atoms with Gasteiger partial charge in [-0.05, 0) is 45.4 Å². The van der Waals surface area contributed by atoms with Crippen LogP contribution in [-0.4, -0.2) is 11.4 Å². The van der Waals surface area contributed by atoms with Gasteiger partial charge in [0.1, 0.15) is 5.58 Å². The first-order valence-corrected chi connectivity index (χ1v) is 6.61. The summed E-state index contributed by atoms with van der Waals surface area (Å²) in [7, 11) is 0. The average molecular weight is 280 g/mol. The second-order valence-electron chi connectivity index (χ2n) is 5.83. The quantitative estimate of drug-likeness (QED) is 0.907. The zero-order valence-corrected chi connectivity index (χ0v) is 12.4. The van der Waals surface area contributed by atoms with E-state index in [1.807, 2.05) is 39.8 Å². The first-order valence-electron chi connectivity index (χ1n) is 6.23. The third-order valence-corrected chi connectivity index (χ3v) is 3.21. The predicted octanol–water partition coefficient (Wildman–Crippen LogP) is 3.85. The molecule has 1 heterocycles. The molecule has 3 nitrogen and oxygen atoms in total. The molecule has 0 aliphatic carbocycles. The molecule has 0 bridgehead atoms. The van der Waals surface area contributed by atoms with Crippen molar-refractivity contribution in [2.24, 2.45) is 0 Å². The van der Waals surface area contributed by atoms with Crippen molar-refractivity contribution in [2.75, 3.05) is 0 Å². The minimum absolute atomic E-state index is 0.0214. The van der Waals surface area contributed by atoms with E-state index in [0.29, 0.717) is 11.4 Å². The van der Waals surface area contributed by atoms with Gasteiger partial charge in [-0.2, -0.15) is 0 Å². The Morgan fingerprint density at radius 1 is 1.37 bits per heavy atom. The Hall–Kier alpha value is -1.48. The summed E-state index contributed by atoms with van der Waals surface area (Å²) in [5, 5.41) is 4.52. The Morgan fingerprint density at radius 2 is 2.05 bits per heavy atom. The van der Waals surface area contributed by atoms with Crippen LogP contribution in [-0.2, 0) is 11.2 Å². The summed E-state index contributed by atoms with van der Waals surface area (Å²) in [6.07, 6.45) is 1.92. The SMILES string of the molecule is Cc1cc2occ(CC(=O)NC(C)(C)C)c2cc1Cl. The molecular weight excluding hydrogens is 262 g/mol. The molecule has 0 aliphatic heterocycles. The van der Waals surface area contributed by atoms with Gasteiger partial charge in [0, 0.05) is 21.5 Å². The number of hydrogen-bond donors (Lipinski definition) is 1. The van der Waals surface area contributed by atoms with Crippen molar-refractivity contribution in [2.45, 2.75) is 39.7 Å². The molecule has 0 aliphatic rings. The zero-order valence-electron chi connectivity index (χ0n) is 11.6.